The summed E-state index contributed by atoms with van der Waals surface area (Å²) in [4.78, 5) is 24.7. The van der Waals surface area contributed by atoms with Crippen molar-refractivity contribution < 1.29 is 9.59 Å². The first-order chi connectivity index (χ1) is 6.52. The number of Topliss-reactive ketones (excluding diaryl/α,β-unsaturated/α-hetero) is 1. The van der Waals surface area contributed by atoms with Crippen LogP contribution in [0.25, 0.3) is 0 Å². The van der Waals surface area contributed by atoms with Gasteiger partial charge < -0.3 is 5.32 Å². The third-order valence-electron chi connectivity index (χ3n) is 2.60. The Hall–Kier alpha value is -0.900. The standard InChI is InChI=1S/C10H18N2O2/c1-7(2)10(14)8(3)12-5-4-11-9(13)6-12/h7-8H,4-6H2,1-3H3,(H,11,13)/t8-/m1/s1. The van der Waals surface area contributed by atoms with Gasteiger partial charge in [0.2, 0.25) is 5.91 Å². The molecular weight excluding hydrogens is 180 g/mol. The molecule has 0 bridgehead atoms. The molecule has 0 aromatic heterocycles. The molecule has 4 heteroatoms. The lowest BCUT2D eigenvalue weighted by atomic mass is 10.0. The molecule has 1 aliphatic heterocycles. The molecule has 1 saturated heterocycles. The van der Waals surface area contributed by atoms with Crippen molar-refractivity contribution in [3.63, 3.8) is 0 Å². The minimum absolute atomic E-state index is 0.0136. The molecule has 0 saturated carbocycles. The number of nitrogens with zero attached hydrogens (tertiary/aromatic N) is 1. The second-order valence-electron chi connectivity index (χ2n) is 4.05. The predicted molar refractivity (Wildman–Crippen MR) is 53.9 cm³/mol. The van der Waals surface area contributed by atoms with Crippen LogP contribution in [0.15, 0.2) is 0 Å². The van der Waals surface area contributed by atoms with Crippen molar-refractivity contribution in [3.05, 3.63) is 0 Å². The Bertz CT molecular complexity index is 238. The lowest BCUT2D eigenvalue weighted by Gasteiger charge is -2.31. The highest BCUT2D eigenvalue weighted by molar-refractivity contribution is 5.86. The molecule has 1 rings (SSSR count). The number of amides is 1. The first kappa shape index (κ1) is 11.2. The van der Waals surface area contributed by atoms with E-state index in [0.717, 1.165) is 6.54 Å². The molecule has 4 nitrogen and oxygen atoms in total. The van der Waals surface area contributed by atoms with Crippen molar-refractivity contribution in [2.75, 3.05) is 19.6 Å². The van der Waals surface area contributed by atoms with Gasteiger partial charge >= 0.3 is 0 Å². The normalized spacial score (nSPS) is 20.7. The van der Waals surface area contributed by atoms with Crippen LogP contribution in [0, 0.1) is 5.92 Å². The van der Waals surface area contributed by atoms with Crippen molar-refractivity contribution in [2.45, 2.75) is 26.8 Å². The fourth-order valence-corrected chi connectivity index (χ4v) is 1.65. The lowest BCUT2D eigenvalue weighted by Crippen LogP contribution is -2.53. The van der Waals surface area contributed by atoms with E-state index in [1.165, 1.54) is 0 Å². The van der Waals surface area contributed by atoms with Crippen LogP contribution in [0.1, 0.15) is 20.8 Å². The van der Waals surface area contributed by atoms with Gasteiger partial charge in [0.05, 0.1) is 12.6 Å². The van der Waals surface area contributed by atoms with Gasteiger partial charge in [-0.15, -0.1) is 0 Å². The maximum atomic E-state index is 11.7. The number of rotatable bonds is 3. The van der Waals surface area contributed by atoms with Gasteiger partial charge in [0, 0.05) is 19.0 Å². The zero-order valence-electron chi connectivity index (χ0n) is 9.04. The van der Waals surface area contributed by atoms with Gasteiger partial charge in [-0.1, -0.05) is 13.8 Å². The van der Waals surface area contributed by atoms with Crippen LogP contribution in [0.4, 0.5) is 0 Å². The topological polar surface area (TPSA) is 49.4 Å². The number of ketones is 1. The Morgan fingerprint density at radius 2 is 2.07 bits per heavy atom. The van der Waals surface area contributed by atoms with Gasteiger partial charge in [-0.25, -0.2) is 0 Å². The van der Waals surface area contributed by atoms with E-state index < -0.39 is 0 Å². The summed E-state index contributed by atoms with van der Waals surface area (Å²) in [5.74, 6) is 0.259. The van der Waals surface area contributed by atoms with E-state index in [9.17, 15) is 9.59 Å². The molecule has 0 radical (unpaired) electrons. The molecule has 0 unspecified atom stereocenters. The van der Waals surface area contributed by atoms with Gasteiger partial charge in [0.15, 0.2) is 5.78 Å². The molecular formula is C10H18N2O2. The summed E-state index contributed by atoms with van der Waals surface area (Å²) >= 11 is 0. The van der Waals surface area contributed by atoms with Crippen molar-refractivity contribution in [1.29, 1.82) is 0 Å². The number of carbonyl (C=O) groups is 2. The maximum Gasteiger partial charge on any atom is 0.234 e. The Kier molecular flexibility index (Phi) is 3.63. The average Bonchev–Trinajstić information content (AvgIpc) is 2.15. The second-order valence-corrected chi connectivity index (χ2v) is 4.05. The number of hydrogen-bond donors (Lipinski definition) is 1. The van der Waals surface area contributed by atoms with E-state index >= 15 is 0 Å². The van der Waals surface area contributed by atoms with Crippen LogP contribution in [0.2, 0.25) is 0 Å². The van der Waals surface area contributed by atoms with Gasteiger partial charge in [0.1, 0.15) is 0 Å². The van der Waals surface area contributed by atoms with Crippen LogP contribution < -0.4 is 5.32 Å². The molecule has 1 aliphatic rings. The van der Waals surface area contributed by atoms with Crippen molar-refractivity contribution >= 4 is 11.7 Å². The molecule has 1 heterocycles. The van der Waals surface area contributed by atoms with Crippen LogP contribution in [-0.4, -0.2) is 42.3 Å². The molecule has 0 aromatic carbocycles. The van der Waals surface area contributed by atoms with Crippen molar-refractivity contribution in [3.8, 4) is 0 Å². The summed E-state index contributed by atoms with van der Waals surface area (Å²) in [6, 6.07) is -0.138. The summed E-state index contributed by atoms with van der Waals surface area (Å²) in [5.41, 5.74) is 0. The van der Waals surface area contributed by atoms with E-state index in [4.69, 9.17) is 0 Å². The van der Waals surface area contributed by atoms with Gasteiger partial charge in [-0.2, -0.15) is 0 Å². The largest absolute Gasteiger partial charge is 0.354 e. The maximum absolute atomic E-state index is 11.7. The number of piperazine rings is 1. The van der Waals surface area contributed by atoms with Crippen molar-refractivity contribution in [2.24, 2.45) is 5.92 Å². The second kappa shape index (κ2) is 4.55. The minimum atomic E-state index is -0.138. The highest BCUT2D eigenvalue weighted by atomic mass is 16.2. The molecule has 1 atom stereocenters. The third kappa shape index (κ3) is 2.54. The quantitative estimate of drug-likeness (QED) is 0.696. The highest BCUT2D eigenvalue weighted by Crippen LogP contribution is 2.08. The summed E-state index contributed by atoms with van der Waals surface area (Å²) in [7, 11) is 0. The molecule has 0 spiro atoms. The number of hydrogen-bond acceptors (Lipinski definition) is 3. The zero-order valence-corrected chi connectivity index (χ0v) is 9.04. The molecule has 14 heavy (non-hydrogen) atoms. The Labute approximate surface area is 84.7 Å². The molecule has 0 aliphatic carbocycles. The van der Waals surface area contributed by atoms with E-state index in [-0.39, 0.29) is 23.7 Å². The van der Waals surface area contributed by atoms with E-state index in [1.54, 1.807) is 0 Å². The SMILES string of the molecule is CC(C)C(=O)[C@@H](C)N1CCNC(=O)C1. The van der Waals surface area contributed by atoms with Crippen LogP contribution in [0.5, 0.6) is 0 Å². The average molecular weight is 198 g/mol. The van der Waals surface area contributed by atoms with Crippen LogP contribution >= 0.6 is 0 Å². The Morgan fingerprint density at radius 3 is 2.57 bits per heavy atom. The number of carbonyl (C=O) groups excluding carboxylic acids is 2. The highest BCUT2D eigenvalue weighted by Gasteiger charge is 2.26. The monoisotopic (exact) mass is 198 g/mol. The fourth-order valence-electron chi connectivity index (χ4n) is 1.65. The summed E-state index contributed by atoms with van der Waals surface area (Å²) in [6.45, 7) is 7.42. The molecule has 80 valence electrons. The molecule has 1 amide bonds. The van der Waals surface area contributed by atoms with Gasteiger partial charge in [-0.3, -0.25) is 14.5 Å². The fraction of sp³-hybridized carbons (Fsp3) is 0.800. The smallest absolute Gasteiger partial charge is 0.234 e. The van der Waals surface area contributed by atoms with Crippen LogP contribution in [0.3, 0.4) is 0 Å². The predicted octanol–water partition coefficient (Wildman–Crippen LogP) is 0.0318. The molecule has 0 aromatic rings. The van der Waals surface area contributed by atoms with E-state index in [0.29, 0.717) is 13.1 Å². The summed E-state index contributed by atoms with van der Waals surface area (Å²) < 4.78 is 0. The third-order valence-corrected chi connectivity index (χ3v) is 2.60. The summed E-state index contributed by atoms with van der Waals surface area (Å²) in [5, 5.41) is 2.74. The van der Waals surface area contributed by atoms with E-state index in [2.05, 4.69) is 5.32 Å². The van der Waals surface area contributed by atoms with Gasteiger partial charge in [-0.05, 0) is 6.92 Å². The molecule has 1 N–H and O–H groups in total. The Morgan fingerprint density at radius 1 is 1.43 bits per heavy atom. The first-order valence-corrected chi connectivity index (χ1v) is 5.07. The Balaban J connectivity index is 2.55. The van der Waals surface area contributed by atoms with Gasteiger partial charge in [0.25, 0.3) is 0 Å². The van der Waals surface area contributed by atoms with Crippen molar-refractivity contribution in [1.82, 2.24) is 10.2 Å². The minimum Gasteiger partial charge on any atom is -0.354 e. The lowest BCUT2D eigenvalue weighted by molar-refractivity contribution is -0.130. The first-order valence-electron chi connectivity index (χ1n) is 5.07. The molecule has 1 fully saturated rings. The van der Waals surface area contributed by atoms with E-state index in [1.807, 2.05) is 25.7 Å². The summed E-state index contributed by atoms with van der Waals surface area (Å²) in [6.07, 6.45) is 0. The van der Waals surface area contributed by atoms with Crippen LogP contribution in [-0.2, 0) is 9.59 Å². The number of nitrogens with one attached hydrogen (secondary N) is 1. The zero-order chi connectivity index (χ0) is 10.7.